The molecule has 2 fully saturated rings. The van der Waals surface area contributed by atoms with Crippen LogP contribution in [0, 0.1) is 5.41 Å². The first-order valence-electron chi connectivity index (χ1n) is 11.7. The maximum Gasteiger partial charge on any atom is 0.236 e. The number of piperazine rings is 1. The molecule has 31 heavy (non-hydrogen) atoms. The van der Waals surface area contributed by atoms with Gasteiger partial charge in [-0.3, -0.25) is 19.5 Å². The molecule has 0 aromatic rings. The Kier molecular flexibility index (Phi) is 12.7. The summed E-state index contributed by atoms with van der Waals surface area (Å²) < 4.78 is 0. The zero-order valence-electron chi connectivity index (χ0n) is 19.9. The number of likely N-dealkylation sites (tertiary alicyclic amines) is 1. The van der Waals surface area contributed by atoms with Crippen LogP contribution in [0.5, 0.6) is 0 Å². The first-order chi connectivity index (χ1) is 14.4. The van der Waals surface area contributed by atoms with Gasteiger partial charge in [0.2, 0.25) is 11.8 Å². The fourth-order valence-electron chi connectivity index (χ4n) is 3.90. The van der Waals surface area contributed by atoms with Crippen LogP contribution in [0.15, 0.2) is 4.99 Å². The summed E-state index contributed by atoms with van der Waals surface area (Å²) >= 11 is 0. The van der Waals surface area contributed by atoms with Gasteiger partial charge in [0.15, 0.2) is 5.96 Å². The Hall–Kier alpha value is -1.10. The summed E-state index contributed by atoms with van der Waals surface area (Å²) in [7, 11) is 0. The van der Waals surface area contributed by atoms with Crippen molar-refractivity contribution in [3.05, 3.63) is 0 Å². The fourth-order valence-corrected chi connectivity index (χ4v) is 3.90. The molecule has 2 saturated heterocycles. The van der Waals surface area contributed by atoms with E-state index in [9.17, 15) is 9.59 Å². The Bertz CT molecular complexity index is 583. The highest BCUT2D eigenvalue weighted by atomic mass is 127. The monoisotopic (exact) mass is 550 g/mol. The highest BCUT2D eigenvalue weighted by Crippen LogP contribution is 2.16. The zero-order chi connectivity index (χ0) is 22.0. The molecule has 2 N–H and O–H groups in total. The molecule has 0 spiro atoms. The van der Waals surface area contributed by atoms with Crippen molar-refractivity contribution in [2.75, 3.05) is 65.4 Å². The summed E-state index contributed by atoms with van der Waals surface area (Å²) in [5.74, 6) is 1.16. The van der Waals surface area contributed by atoms with Gasteiger partial charge in [0, 0.05) is 52.4 Å². The van der Waals surface area contributed by atoms with Crippen LogP contribution in [0.4, 0.5) is 0 Å². The Labute approximate surface area is 205 Å². The first kappa shape index (κ1) is 27.9. The minimum Gasteiger partial charge on any atom is -0.357 e. The summed E-state index contributed by atoms with van der Waals surface area (Å²) in [5, 5.41) is 6.25. The molecule has 180 valence electrons. The highest BCUT2D eigenvalue weighted by Gasteiger charge is 2.28. The minimum atomic E-state index is -0.544. The van der Waals surface area contributed by atoms with Crippen LogP contribution in [-0.2, 0) is 9.59 Å². The van der Waals surface area contributed by atoms with E-state index in [2.05, 4.69) is 27.4 Å². The number of carbonyl (C=O) groups excluding carboxylic acids is 2. The van der Waals surface area contributed by atoms with Crippen LogP contribution in [0.1, 0.15) is 53.4 Å². The maximum absolute atomic E-state index is 12.7. The standard InChI is InChI=1S/C22H42N6O2.HI/c1-5-23-20(30)22(3,4)18-25-21(24-6-2)28-15-13-26(14-16-28)17-19(29)27-11-9-7-8-10-12-27;/h5-18H2,1-4H3,(H,23,30)(H,24,25);1H. The predicted octanol–water partition coefficient (Wildman–Crippen LogP) is 1.75. The molecule has 9 heteroatoms. The van der Waals surface area contributed by atoms with Crippen LogP contribution in [0.25, 0.3) is 0 Å². The molecule has 0 aliphatic carbocycles. The van der Waals surface area contributed by atoms with E-state index in [1.807, 2.05) is 25.7 Å². The van der Waals surface area contributed by atoms with Crippen LogP contribution in [0.3, 0.4) is 0 Å². The van der Waals surface area contributed by atoms with Crippen molar-refractivity contribution in [3.63, 3.8) is 0 Å². The number of hydrogen-bond donors (Lipinski definition) is 2. The minimum absolute atomic E-state index is 0. The van der Waals surface area contributed by atoms with Crippen molar-refractivity contribution in [2.24, 2.45) is 10.4 Å². The smallest absolute Gasteiger partial charge is 0.236 e. The van der Waals surface area contributed by atoms with Gasteiger partial charge in [0.1, 0.15) is 0 Å². The maximum atomic E-state index is 12.7. The highest BCUT2D eigenvalue weighted by molar-refractivity contribution is 14.0. The molecule has 0 bridgehead atoms. The van der Waals surface area contributed by atoms with E-state index >= 15 is 0 Å². The molecule has 0 aromatic carbocycles. The molecule has 2 aliphatic heterocycles. The quantitative estimate of drug-likeness (QED) is 0.287. The third-order valence-electron chi connectivity index (χ3n) is 5.90. The van der Waals surface area contributed by atoms with Crippen molar-refractivity contribution in [3.8, 4) is 0 Å². The van der Waals surface area contributed by atoms with Crippen LogP contribution in [0.2, 0.25) is 0 Å². The number of carbonyl (C=O) groups is 2. The van der Waals surface area contributed by atoms with Gasteiger partial charge in [-0.1, -0.05) is 12.8 Å². The van der Waals surface area contributed by atoms with E-state index < -0.39 is 5.41 Å². The van der Waals surface area contributed by atoms with E-state index in [4.69, 9.17) is 4.99 Å². The van der Waals surface area contributed by atoms with E-state index in [1.165, 1.54) is 12.8 Å². The van der Waals surface area contributed by atoms with Gasteiger partial charge >= 0.3 is 0 Å². The van der Waals surface area contributed by atoms with Gasteiger partial charge in [-0.15, -0.1) is 24.0 Å². The number of halogens is 1. The molecule has 0 atom stereocenters. The average molecular weight is 551 g/mol. The lowest BCUT2D eigenvalue weighted by molar-refractivity contribution is -0.132. The summed E-state index contributed by atoms with van der Waals surface area (Å²) in [5.41, 5.74) is -0.544. The Morgan fingerprint density at radius 2 is 1.42 bits per heavy atom. The van der Waals surface area contributed by atoms with Crippen molar-refractivity contribution >= 4 is 41.8 Å². The van der Waals surface area contributed by atoms with E-state index in [1.54, 1.807) is 0 Å². The van der Waals surface area contributed by atoms with E-state index in [0.717, 1.165) is 64.6 Å². The Balaban J connectivity index is 0.00000480. The topological polar surface area (TPSA) is 80.3 Å². The Morgan fingerprint density at radius 1 is 0.839 bits per heavy atom. The van der Waals surface area contributed by atoms with Crippen molar-refractivity contribution in [2.45, 2.75) is 53.4 Å². The largest absolute Gasteiger partial charge is 0.357 e. The summed E-state index contributed by atoms with van der Waals surface area (Å²) in [6.07, 6.45) is 4.75. The molecule has 0 unspecified atom stereocenters. The molecule has 2 amide bonds. The fraction of sp³-hybridized carbons (Fsp3) is 0.864. The van der Waals surface area contributed by atoms with Crippen LogP contribution in [-0.4, -0.2) is 97.9 Å². The number of amides is 2. The lowest BCUT2D eigenvalue weighted by atomic mass is 9.92. The van der Waals surface area contributed by atoms with Gasteiger partial charge < -0.3 is 20.4 Å². The molecule has 0 radical (unpaired) electrons. The van der Waals surface area contributed by atoms with Crippen LogP contribution < -0.4 is 10.6 Å². The second-order valence-electron chi connectivity index (χ2n) is 8.97. The molecule has 0 saturated carbocycles. The summed E-state index contributed by atoms with van der Waals surface area (Å²) in [6, 6.07) is 0. The summed E-state index contributed by atoms with van der Waals surface area (Å²) in [4.78, 5) is 36.2. The summed E-state index contributed by atoms with van der Waals surface area (Å²) in [6.45, 7) is 15.4. The molecular weight excluding hydrogens is 507 g/mol. The lowest BCUT2D eigenvalue weighted by Gasteiger charge is -2.37. The molecular formula is C22H43IN6O2. The van der Waals surface area contributed by atoms with Crippen LogP contribution >= 0.6 is 24.0 Å². The SMILES string of the molecule is CCNC(=O)C(C)(C)CN=C(NCC)N1CCN(CC(=O)N2CCCCCC2)CC1.I. The van der Waals surface area contributed by atoms with Crippen molar-refractivity contribution in [1.82, 2.24) is 25.3 Å². The number of hydrogen-bond acceptors (Lipinski definition) is 4. The molecule has 0 aromatic heterocycles. The van der Waals surface area contributed by atoms with E-state index in [0.29, 0.717) is 19.6 Å². The zero-order valence-corrected chi connectivity index (χ0v) is 22.2. The van der Waals surface area contributed by atoms with Crippen molar-refractivity contribution in [1.29, 1.82) is 0 Å². The average Bonchev–Trinajstić information content (AvgIpc) is 3.01. The normalized spacial score (nSPS) is 18.8. The number of nitrogens with one attached hydrogen (secondary N) is 2. The predicted molar refractivity (Wildman–Crippen MR) is 137 cm³/mol. The Morgan fingerprint density at radius 3 is 1.97 bits per heavy atom. The van der Waals surface area contributed by atoms with Crippen molar-refractivity contribution < 1.29 is 9.59 Å². The number of nitrogens with zero attached hydrogens (tertiary/aromatic N) is 4. The first-order valence-corrected chi connectivity index (χ1v) is 11.7. The third kappa shape index (κ3) is 9.11. The molecule has 8 nitrogen and oxygen atoms in total. The lowest BCUT2D eigenvalue weighted by Crippen LogP contribution is -2.54. The van der Waals surface area contributed by atoms with Gasteiger partial charge in [0.25, 0.3) is 0 Å². The molecule has 2 aliphatic rings. The van der Waals surface area contributed by atoms with Gasteiger partial charge in [-0.2, -0.15) is 0 Å². The molecule has 2 heterocycles. The molecule has 2 rings (SSSR count). The second-order valence-corrected chi connectivity index (χ2v) is 8.97. The second kappa shape index (κ2) is 14.1. The number of aliphatic imine (C=N–C) groups is 1. The van der Waals surface area contributed by atoms with E-state index in [-0.39, 0.29) is 35.8 Å². The number of rotatable bonds is 7. The van der Waals surface area contributed by atoms with Gasteiger partial charge in [0.05, 0.1) is 18.5 Å². The van der Waals surface area contributed by atoms with Gasteiger partial charge in [-0.25, -0.2) is 0 Å². The number of guanidine groups is 1. The van der Waals surface area contributed by atoms with Gasteiger partial charge in [-0.05, 0) is 40.5 Å². The third-order valence-corrected chi connectivity index (χ3v) is 5.90.